The largest absolute Gasteiger partial charge is 0.316 e. The Bertz CT molecular complexity index is 528. The van der Waals surface area contributed by atoms with Crippen molar-refractivity contribution < 1.29 is 4.39 Å². The lowest BCUT2D eigenvalue weighted by molar-refractivity contribution is 0.613. The number of thiazole rings is 1. The van der Waals surface area contributed by atoms with Crippen LogP contribution in [0.25, 0.3) is 0 Å². The predicted octanol–water partition coefficient (Wildman–Crippen LogP) is 3.51. The molecule has 0 aliphatic heterocycles. The number of halogens is 1. The SMILES string of the molecule is CNC(CSc1cccc(F)c1)Cc1nc(C)cs1. The van der Waals surface area contributed by atoms with Gasteiger partial charge in [0.05, 0.1) is 5.01 Å². The van der Waals surface area contributed by atoms with E-state index >= 15 is 0 Å². The molecule has 2 aromatic rings. The van der Waals surface area contributed by atoms with Gasteiger partial charge in [0.25, 0.3) is 0 Å². The molecule has 1 aromatic carbocycles. The van der Waals surface area contributed by atoms with Crippen LogP contribution in [0.5, 0.6) is 0 Å². The van der Waals surface area contributed by atoms with Gasteiger partial charge in [-0.3, -0.25) is 0 Å². The molecule has 1 unspecified atom stereocenters. The maximum absolute atomic E-state index is 13.1. The third-order valence-electron chi connectivity index (χ3n) is 2.74. The summed E-state index contributed by atoms with van der Waals surface area (Å²) in [5.74, 6) is 0.722. The molecule has 1 atom stereocenters. The van der Waals surface area contributed by atoms with Crippen molar-refractivity contribution >= 4 is 23.1 Å². The molecule has 0 aliphatic rings. The lowest BCUT2D eigenvalue weighted by Crippen LogP contribution is -2.30. The van der Waals surface area contributed by atoms with Crippen LogP contribution in [0, 0.1) is 12.7 Å². The van der Waals surface area contributed by atoms with E-state index in [0.29, 0.717) is 6.04 Å². The van der Waals surface area contributed by atoms with Crippen molar-refractivity contribution in [3.63, 3.8) is 0 Å². The van der Waals surface area contributed by atoms with Crippen LogP contribution in [0.15, 0.2) is 34.5 Å². The third-order valence-corrected chi connectivity index (χ3v) is 4.89. The summed E-state index contributed by atoms with van der Waals surface area (Å²) in [6, 6.07) is 7.08. The van der Waals surface area contributed by atoms with Crippen molar-refractivity contribution in [3.8, 4) is 0 Å². The molecule has 19 heavy (non-hydrogen) atoms. The topological polar surface area (TPSA) is 24.9 Å². The molecule has 2 rings (SSSR count). The van der Waals surface area contributed by atoms with Gasteiger partial charge in [0.2, 0.25) is 0 Å². The van der Waals surface area contributed by atoms with Crippen molar-refractivity contribution in [1.82, 2.24) is 10.3 Å². The van der Waals surface area contributed by atoms with E-state index in [0.717, 1.165) is 27.8 Å². The van der Waals surface area contributed by atoms with E-state index in [2.05, 4.69) is 15.7 Å². The molecule has 0 fully saturated rings. The van der Waals surface area contributed by atoms with Crippen LogP contribution in [0.3, 0.4) is 0 Å². The number of likely N-dealkylation sites (N-methyl/N-ethyl adjacent to an activating group) is 1. The summed E-state index contributed by atoms with van der Waals surface area (Å²) in [5.41, 5.74) is 1.08. The van der Waals surface area contributed by atoms with Crippen LogP contribution in [0.2, 0.25) is 0 Å². The van der Waals surface area contributed by atoms with Gasteiger partial charge in [-0.05, 0) is 32.2 Å². The molecule has 1 aromatic heterocycles. The molecule has 102 valence electrons. The Morgan fingerprint density at radius 1 is 1.47 bits per heavy atom. The highest BCUT2D eigenvalue weighted by molar-refractivity contribution is 7.99. The Kier molecular flexibility index (Phi) is 5.36. The fourth-order valence-corrected chi connectivity index (χ4v) is 3.61. The van der Waals surface area contributed by atoms with Crippen molar-refractivity contribution in [1.29, 1.82) is 0 Å². The summed E-state index contributed by atoms with van der Waals surface area (Å²) < 4.78 is 13.1. The van der Waals surface area contributed by atoms with E-state index < -0.39 is 0 Å². The van der Waals surface area contributed by atoms with Gasteiger partial charge in [0.1, 0.15) is 5.82 Å². The molecular weight excluding hydrogens is 279 g/mol. The molecule has 0 radical (unpaired) electrons. The van der Waals surface area contributed by atoms with Crippen LogP contribution >= 0.6 is 23.1 Å². The first-order chi connectivity index (χ1) is 9.17. The molecule has 0 saturated carbocycles. The van der Waals surface area contributed by atoms with Gasteiger partial charge >= 0.3 is 0 Å². The molecule has 0 amide bonds. The van der Waals surface area contributed by atoms with E-state index in [-0.39, 0.29) is 5.82 Å². The van der Waals surface area contributed by atoms with Gasteiger partial charge in [-0.1, -0.05) is 6.07 Å². The number of thioether (sulfide) groups is 1. The Morgan fingerprint density at radius 3 is 2.95 bits per heavy atom. The van der Waals surface area contributed by atoms with Crippen LogP contribution in [0.4, 0.5) is 4.39 Å². The highest BCUT2D eigenvalue weighted by Gasteiger charge is 2.10. The molecule has 0 bridgehead atoms. The lowest BCUT2D eigenvalue weighted by atomic mass is 10.2. The minimum atomic E-state index is -0.179. The monoisotopic (exact) mass is 296 g/mol. The van der Waals surface area contributed by atoms with Gasteiger partial charge in [0.15, 0.2) is 0 Å². The average Bonchev–Trinajstić information content (AvgIpc) is 2.80. The molecule has 2 nitrogen and oxygen atoms in total. The Balaban J connectivity index is 1.89. The first kappa shape index (κ1) is 14.5. The number of aromatic nitrogens is 1. The second-order valence-electron chi connectivity index (χ2n) is 4.34. The van der Waals surface area contributed by atoms with E-state index in [4.69, 9.17) is 0 Å². The normalized spacial score (nSPS) is 12.6. The van der Waals surface area contributed by atoms with Crippen LogP contribution in [-0.2, 0) is 6.42 Å². The summed E-state index contributed by atoms with van der Waals surface area (Å²) in [6.07, 6.45) is 0.914. The Morgan fingerprint density at radius 2 is 2.32 bits per heavy atom. The summed E-state index contributed by atoms with van der Waals surface area (Å²) in [4.78, 5) is 5.44. The lowest BCUT2D eigenvalue weighted by Gasteiger charge is -2.14. The minimum Gasteiger partial charge on any atom is -0.316 e. The zero-order valence-electron chi connectivity index (χ0n) is 11.0. The predicted molar refractivity (Wildman–Crippen MR) is 80.5 cm³/mol. The van der Waals surface area contributed by atoms with Gasteiger partial charge in [-0.2, -0.15) is 0 Å². The number of aryl methyl sites for hydroxylation is 1. The van der Waals surface area contributed by atoms with Crippen molar-refractivity contribution in [3.05, 3.63) is 46.2 Å². The summed E-state index contributed by atoms with van der Waals surface area (Å²) >= 11 is 3.36. The molecule has 0 saturated heterocycles. The molecule has 1 N–H and O–H groups in total. The van der Waals surface area contributed by atoms with E-state index in [1.807, 2.05) is 20.0 Å². The number of rotatable bonds is 6. The fourth-order valence-electron chi connectivity index (χ4n) is 1.71. The van der Waals surface area contributed by atoms with E-state index in [1.54, 1.807) is 35.2 Å². The zero-order valence-corrected chi connectivity index (χ0v) is 12.7. The van der Waals surface area contributed by atoms with Gasteiger partial charge in [0, 0.05) is 34.2 Å². The van der Waals surface area contributed by atoms with Crippen LogP contribution < -0.4 is 5.32 Å². The van der Waals surface area contributed by atoms with Crippen molar-refractivity contribution in [2.24, 2.45) is 0 Å². The van der Waals surface area contributed by atoms with E-state index in [9.17, 15) is 4.39 Å². The number of nitrogens with zero attached hydrogens (tertiary/aromatic N) is 1. The second-order valence-corrected chi connectivity index (χ2v) is 6.38. The Labute approximate surface area is 121 Å². The molecule has 1 heterocycles. The maximum atomic E-state index is 13.1. The van der Waals surface area contributed by atoms with Crippen molar-refractivity contribution in [2.45, 2.75) is 24.3 Å². The summed E-state index contributed by atoms with van der Waals surface area (Å²) in [7, 11) is 1.96. The molecule has 5 heteroatoms. The van der Waals surface area contributed by atoms with Gasteiger partial charge in [-0.25, -0.2) is 9.37 Å². The minimum absolute atomic E-state index is 0.179. The first-order valence-corrected chi connectivity index (χ1v) is 8.00. The first-order valence-electron chi connectivity index (χ1n) is 6.14. The third kappa shape index (κ3) is 4.60. The quantitative estimate of drug-likeness (QED) is 0.826. The standard InChI is InChI=1S/C14H17FN2S2/c1-10-8-19-14(17-10)7-12(16-2)9-18-13-5-3-4-11(15)6-13/h3-6,8,12,16H,7,9H2,1-2H3. The summed E-state index contributed by atoms with van der Waals surface area (Å²) in [6.45, 7) is 2.01. The highest BCUT2D eigenvalue weighted by atomic mass is 32.2. The van der Waals surface area contributed by atoms with E-state index in [1.165, 1.54) is 6.07 Å². The smallest absolute Gasteiger partial charge is 0.124 e. The van der Waals surface area contributed by atoms with Crippen LogP contribution in [-0.4, -0.2) is 23.8 Å². The number of hydrogen-bond acceptors (Lipinski definition) is 4. The van der Waals surface area contributed by atoms with Crippen molar-refractivity contribution in [2.75, 3.05) is 12.8 Å². The average molecular weight is 296 g/mol. The molecule has 0 spiro atoms. The second kappa shape index (κ2) is 7.03. The maximum Gasteiger partial charge on any atom is 0.124 e. The van der Waals surface area contributed by atoms with Gasteiger partial charge < -0.3 is 5.32 Å². The summed E-state index contributed by atoms with van der Waals surface area (Å²) in [5, 5.41) is 6.52. The number of hydrogen-bond donors (Lipinski definition) is 1. The van der Waals surface area contributed by atoms with Crippen LogP contribution in [0.1, 0.15) is 10.7 Å². The molecular formula is C14H17FN2S2. The number of nitrogens with one attached hydrogen (secondary N) is 1. The fraction of sp³-hybridized carbons (Fsp3) is 0.357. The highest BCUT2D eigenvalue weighted by Crippen LogP contribution is 2.21. The Hall–Kier alpha value is -0.910. The number of benzene rings is 1. The zero-order chi connectivity index (χ0) is 13.7. The van der Waals surface area contributed by atoms with Gasteiger partial charge in [-0.15, -0.1) is 23.1 Å². The molecule has 0 aliphatic carbocycles.